The average Bonchev–Trinajstić information content (AvgIpc) is 2.61. The van der Waals surface area contributed by atoms with Crippen LogP contribution in [0.15, 0.2) is 48.5 Å². The highest BCUT2D eigenvalue weighted by Gasteiger charge is 2.17. The molecule has 6 nitrogen and oxygen atoms in total. The van der Waals surface area contributed by atoms with Gasteiger partial charge in [0, 0.05) is 11.4 Å². The maximum atomic E-state index is 12.3. The largest absolute Gasteiger partial charge is 0.459 e. The minimum absolute atomic E-state index is 0.233. The molecule has 0 atom stereocenters. The molecule has 28 heavy (non-hydrogen) atoms. The van der Waals surface area contributed by atoms with Gasteiger partial charge in [0.2, 0.25) is 0 Å². The molecule has 2 aromatic carbocycles. The second-order valence-corrected chi connectivity index (χ2v) is 7.06. The minimum atomic E-state index is -0.529. The molecule has 0 aliphatic heterocycles. The predicted molar refractivity (Wildman–Crippen MR) is 114 cm³/mol. The Balaban J connectivity index is 2.26. The van der Waals surface area contributed by atoms with E-state index in [0.717, 1.165) is 5.69 Å². The molecule has 0 radical (unpaired) electrons. The predicted octanol–water partition coefficient (Wildman–Crippen LogP) is 4.63. The van der Waals surface area contributed by atoms with Crippen molar-refractivity contribution in [3.63, 3.8) is 0 Å². The lowest BCUT2D eigenvalue weighted by molar-refractivity contribution is 0.0377. The van der Waals surface area contributed by atoms with Crippen LogP contribution in [0.2, 0.25) is 0 Å². The van der Waals surface area contributed by atoms with Crippen LogP contribution in [0.4, 0.5) is 11.4 Å². The fourth-order valence-electron chi connectivity index (χ4n) is 2.31. The van der Waals surface area contributed by atoms with Gasteiger partial charge in [0.15, 0.2) is 5.11 Å². The van der Waals surface area contributed by atoms with E-state index in [2.05, 4.69) is 10.6 Å². The van der Waals surface area contributed by atoms with Crippen molar-refractivity contribution in [1.82, 2.24) is 0 Å². The van der Waals surface area contributed by atoms with E-state index in [0.29, 0.717) is 10.8 Å². The quantitative estimate of drug-likeness (QED) is 0.541. The summed E-state index contributed by atoms with van der Waals surface area (Å²) in [6.07, 6.45) is -0.563. The van der Waals surface area contributed by atoms with Crippen molar-refractivity contribution in [1.29, 1.82) is 0 Å². The van der Waals surface area contributed by atoms with Gasteiger partial charge >= 0.3 is 11.9 Å². The summed E-state index contributed by atoms with van der Waals surface area (Å²) in [4.78, 5) is 24.7. The van der Waals surface area contributed by atoms with Crippen molar-refractivity contribution < 1.29 is 19.1 Å². The lowest BCUT2D eigenvalue weighted by Gasteiger charge is -2.15. The Morgan fingerprint density at radius 3 is 1.71 bits per heavy atom. The zero-order valence-corrected chi connectivity index (χ0v) is 17.1. The first-order valence-electron chi connectivity index (χ1n) is 8.94. The fraction of sp³-hybridized carbons (Fsp3) is 0.286. The van der Waals surface area contributed by atoms with Crippen molar-refractivity contribution in [3.05, 3.63) is 59.7 Å². The highest BCUT2D eigenvalue weighted by atomic mass is 32.1. The van der Waals surface area contributed by atoms with E-state index in [1.807, 2.05) is 30.3 Å². The maximum Gasteiger partial charge on any atom is 0.338 e. The Bertz CT molecular complexity index is 810. The lowest BCUT2D eigenvalue weighted by Crippen LogP contribution is -2.20. The standard InChI is InChI=1S/C21H24N2O4S/c1-13(2)26-19(24)15-10-16(20(25)27-14(3)4)12-18(11-15)23-21(28)22-17-8-6-5-7-9-17/h5-14H,1-4H3,(H2,22,23,28). The molecule has 2 rings (SSSR count). The Morgan fingerprint density at radius 2 is 1.25 bits per heavy atom. The van der Waals surface area contributed by atoms with Gasteiger partial charge in [-0.25, -0.2) is 9.59 Å². The number of rotatable bonds is 6. The molecule has 0 fully saturated rings. The van der Waals surface area contributed by atoms with Gasteiger partial charge in [0.25, 0.3) is 0 Å². The third kappa shape index (κ3) is 6.66. The molecule has 0 aliphatic carbocycles. The highest BCUT2D eigenvalue weighted by Crippen LogP contribution is 2.19. The summed E-state index contributed by atoms with van der Waals surface area (Å²) < 4.78 is 10.5. The molecule has 2 aromatic rings. The first-order chi connectivity index (χ1) is 13.2. The first kappa shape index (κ1) is 21.4. The van der Waals surface area contributed by atoms with Crippen molar-refractivity contribution in [2.45, 2.75) is 39.9 Å². The molecule has 2 N–H and O–H groups in total. The third-order valence-corrected chi connectivity index (χ3v) is 3.58. The molecule has 148 valence electrons. The molecule has 0 amide bonds. The van der Waals surface area contributed by atoms with Crippen molar-refractivity contribution >= 4 is 40.6 Å². The molecule has 7 heteroatoms. The molecule has 0 heterocycles. The molecule has 0 aromatic heterocycles. The number of carbonyl (C=O) groups is 2. The van der Waals surface area contributed by atoms with Crippen LogP contribution in [-0.4, -0.2) is 29.3 Å². The molecule has 0 unspecified atom stereocenters. The van der Waals surface area contributed by atoms with E-state index in [9.17, 15) is 9.59 Å². The average molecular weight is 401 g/mol. The van der Waals surface area contributed by atoms with Crippen molar-refractivity contribution in [2.75, 3.05) is 10.6 Å². The number of ether oxygens (including phenoxy) is 2. The van der Waals surface area contributed by atoms with Gasteiger partial charge in [-0.05, 0) is 70.2 Å². The first-order valence-corrected chi connectivity index (χ1v) is 9.35. The van der Waals surface area contributed by atoms with Gasteiger partial charge in [0.1, 0.15) is 0 Å². The third-order valence-electron chi connectivity index (χ3n) is 3.38. The topological polar surface area (TPSA) is 76.7 Å². The number of esters is 2. The smallest absolute Gasteiger partial charge is 0.338 e. The van der Waals surface area contributed by atoms with Crippen LogP contribution >= 0.6 is 12.2 Å². The molecule has 0 bridgehead atoms. The van der Waals surface area contributed by atoms with Crippen molar-refractivity contribution in [2.24, 2.45) is 0 Å². The fourth-order valence-corrected chi connectivity index (χ4v) is 2.55. The number of thiocarbonyl (C=S) groups is 1. The SMILES string of the molecule is CC(C)OC(=O)c1cc(NC(=S)Nc2ccccc2)cc(C(=O)OC(C)C)c1. The Kier molecular flexibility index (Phi) is 7.52. The second kappa shape index (κ2) is 9.85. The van der Waals surface area contributed by atoms with Crippen LogP contribution in [-0.2, 0) is 9.47 Å². The number of carbonyl (C=O) groups excluding carboxylic acids is 2. The minimum Gasteiger partial charge on any atom is -0.459 e. The van der Waals surface area contributed by atoms with E-state index in [4.69, 9.17) is 21.7 Å². The summed E-state index contributed by atoms with van der Waals surface area (Å²) in [6.45, 7) is 7.03. The Labute approximate surface area is 170 Å². The number of hydrogen-bond donors (Lipinski definition) is 2. The van der Waals surface area contributed by atoms with Gasteiger partial charge in [-0.3, -0.25) is 0 Å². The van der Waals surface area contributed by atoms with Crippen LogP contribution in [0.3, 0.4) is 0 Å². The molecule has 0 saturated heterocycles. The zero-order valence-electron chi connectivity index (χ0n) is 16.3. The van der Waals surface area contributed by atoms with Gasteiger partial charge in [-0.2, -0.15) is 0 Å². The monoisotopic (exact) mass is 400 g/mol. The van der Waals surface area contributed by atoms with Crippen LogP contribution < -0.4 is 10.6 Å². The summed E-state index contributed by atoms with van der Waals surface area (Å²) in [5.41, 5.74) is 1.76. The van der Waals surface area contributed by atoms with E-state index in [1.54, 1.807) is 39.8 Å². The van der Waals surface area contributed by atoms with Crippen LogP contribution in [0.1, 0.15) is 48.4 Å². The summed E-state index contributed by atoms with van der Waals surface area (Å²) >= 11 is 5.32. The molecule has 0 spiro atoms. The van der Waals surface area contributed by atoms with Gasteiger partial charge in [-0.15, -0.1) is 0 Å². The van der Waals surface area contributed by atoms with E-state index < -0.39 is 11.9 Å². The summed E-state index contributed by atoms with van der Waals surface area (Å²) in [7, 11) is 0. The number of para-hydroxylation sites is 1. The number of nitrogens with one attached hydrogen (secondary N) is 2. The van der Waals surface area contributed by atoms with Crippen LogP contribution in [0.5, 0.6) is 0 Å². The van der Waals surface area contributed by atoms with Crippen molar-refractivity contribution in [3.8, 4) is 0 Å². The summed E-state index contributed by atoms with van der Waals surface area (Å²) in [5.74, 6) is -1.06. The van der Waals surface area contributed by atoms with Gasteiger partial charge in [0.05, 0.1) is 23.3 Å². The van der Waals surface area contributed by atoms with Gasteiger partial charge in [-0.1, -0.05) is 18.2 Å². The molecular formula is C21H24N2O4S. The van der Waals surface area contributed by atoms with Crippen LogP contribution in [0.25, 0.3) is 0 Å². The highest BCUT2D eigenvalue weighted by molar-refractivity contribution is 7.80. The van der Waals surface area contributed by atoms with E-state index in [-0.39, 0.29) is 23.3 Å². The number of anilines is 2. The second-order valence-electron chi connectivity index (χ2n) is 6.65. The molecule has 0 aliphatic rings. The van der Waals surface area contributed by atoms with E-state index in [1.165, 1.54) is 6.07 Å². The number of benzene rings is 2. The van der Waals surface area contributed by atoms with E-state index >= 15 is 0 Å². The summed E-state index contributed by atoms with van der Waals surface area (Å²) in [6, 6.07) is 14.0. The lowest BCUT2D eigenvalue weighted by atomic mass is 10.1. The maximum absolute atomic E-state index is 12.3. The zero-order chi connectivity index (χ0) is 20.7. The Morgan fingerprint density at radius 1 is 0.786 bits per heavy atom. The normalized spacial score (nSPS) is 10.5. The Hall–Kier alpha value is -2.93. The molecular weight excluding hydrogens is 376 g/mol. The number of hydrogen-bond acceptors (Lipinski definition) is 5. The van der Waals surface area contributed by atoms with Crippen LogP contribution in [0, 0.1) is 0 Å². The van der Waals surface area contributed by atoms with Gasteiger partial charge < -0.3 is 20.1 Å². The summed E-state index contributed by atoms with van der Waals surface area (Å²) in [5, 5.41) is 6.36. The molecule has 0 saturated carbocycles.